The Labute approximate surface area is 70.1 Å². The molecule has 0 spiro atoms. The summed E-state index contributed by atoms with van der Waals surface area (Å²) in [6.45, 7) is 4.36. The van der Waals surface area contributed by atoms with Crippen LogP contribution < -0.4 is 0 Å². The van der Waals surface area contributed by atoms with Gasteiger partial charge in [-0.25, -0.2) is 0 Å². The summed E-state index contributed by atoms with van der Waals surface area (Å²) in [5.41, 5.74) is 0. The van der Waals surface area contributed by atoms with Crippen LogP contribution in [-0.4, -0.2) is 12.2 Å². The predicted molar refractivity (Wildman–Crippen MR) is 47.7 cm³/mol. The molecular weight excluding hydrogens is 136 g/mol. The summed E-state index contributed by atoms with van der Waals surface area (Å²) in [4.78, 5) is 0. The van der Waals surface area contributed by atoms with Crippen LogP contribution in [0.3, 0.4) is 0 Å². The molecule has 0 aromatic carbocycles. The Balaban J connectivity index is 2.13. The summed E-state index contributed by atoms with van der Waals surface area (Å²) < 4.78 is 5.84. The Bertz CT molecular complexity index is 95.0. The molecule has 1 nitrogen and oxygen atoms in total. The van der Waals surface area contributed by atoms with E-state index in [1.165, 1.54) is 32.1 Å². The fourth-order valence-electron chi connectivity index (χ4n) is 1.63. The van der Waals surface area contributed by atoms with Crippen molar-refractivity contribution >= 4 is 0 Å². The summed E-state index contributed by atoms with van der Waals surface area (Å²) in [6.07, 6.45) is 8.96. The summed E-state index contributed by atoms with van der Waals surface area (Å²) in [5.74, 6) is 0. The van der Waals surface area contributed by atoms with Crippen LogP contribution >= 0.6 is 0 Å². The van der Waals surface area contributed by atoms with Gasteiger partial charge in [-0.05, 0) is 26.2 Å². The van der Waals surface area contributed by atoms with Gasteiger partial charge in [0.15, 0.2) is 0 Å². The minimum Gasteiger partial charge on any atom is -0.375 e. The molecule has 11 heavy (non-hydrogen) atoms. The van der Waals surface area contributed by atoms with Crippen LogP contribution in [0.15, 0.2) is 0 Å². The fourth-order valence-corrected chi connectivity index (χ4v) is 1.63. The van der Waals surface area contributed by atoms with Gasteiger partial charge in [-0.1, -0.05) is 26.2 Å². The topological polar surface area (TPSA) is 9.23 Å². The van der Waals surface area contributed by atoms with Crippen molar-refractivity contribution in [2.75, 3.05) is 0 Å². The van der Waals surface area contributed by atoms with Crippen molar-refractivity contribution in [1.82, 2.24) is 0 Å². The molecule has 1 aliphatic rings. The Morgan fingerprint density at radius 1 is 1.27 bits per heavy atom. The average molecular weight is 156 g/mol. The second-order valence-corrected chi connectivity index (χ2v) is 3.61. The third kappa shape index (κ3) is 3.24. The molecule has 1 fully saturated rings. The predicted octanol–water partition coefficient (Wildman–Crippen LogP) is 3.13. The van der Waals surface area contributed by atoms with Gasteiger partial charge in [-0.15, -0.1) is 0 Å². The van der Waals surface area contributed by atoms with Crippen molar-refractivity contribution in [3.8, 4) is 0 Å². The van der Waals surface area contributed by atoms with Gasteiger partial charge in [0, 0.05) is 0 Å². The standard InChI is InChI=1S/C10H20O/c1-3-9(2)11-10-7-5-4-6-8-10/h9-10H,3-8H2,1-2H3/t9-/m1/s1. The van der Waals surface area contributed by atoms with Gasteiger partial charge >= 0.3 is 0 Å². The number of hydrogen-bond donors (Lipinski definition) is 0. The maximum atomic E-state index is 5.84. The summed E-state index contributed by atoms with van der Waals surface area (Å²) in [6, 6.07) is 0. The van der Waals surface area contributed by atoms with E-state index in [0.717, 1.165) is 6.42 Å². The van der Waals surface area contributed by atoms with E-state index in [1.54, 1.807) is 0 Å². The molecule has 1 rings (SSSR count). The smallest absolute Gasteiger partial charge is 0.0578 e. The minimum atomic E-state index is 0.470. The highest BCUT2D eigenvalue weighted by Gasteiger charge is 2.15. The van der Waals surface area contributed by atoms with Gasteiger partial charge in [-0.3, -0.25) is 0 Å². The van der Waals surface area contributed by atoms with Crippen molar-refractivity contribution in [2.45, 2.75) is 64.6 Å². The van der Waals surface area contributed by atoms with Crippen molar-refractivity contribution < 1.29 is 4.74 Å². The largest absolute Gasteiger partial charge is 0.375 e. The zero-order valence-corrected chi connectivity index (χ0v) is 7.81. The van der Waals surface area contributed by atoms with E-state index in [1.807, 2.05) is 0 Å². The molecule has 0 bridgehead atoms. The second-order valence-electron chi connectivity index (χ2n) is 3.61. The summed E-state index contributed by atoms with van der Waals surface area (Å²) in [5, 5.41) is 0. The van der Waals surface area contributed by atoms with Crippen LogP contribution in [0.2, 0.25) is 0 Å². The molecule has 66 valence electrons. The fraction of sp³-hybridized carbons (Fsp3) is 1.00. The van der Waals surface area contributed by atoms with E-state index in [-0.39, 0.29) is 0 Å². The maximum Gasteiger partial charge on any atom is 0.0578 e. The Morgan fingerprint density at radius 3 is 2.45 bits per heavy atom. The first-order chi connectivity index (χ1) is 5.33. The quantitative estimate of drug-likeness (QED) is 0.610. The van der Waals surface area contributed by atoms with Gasteiger partial charge in [0.1, 0.15) is 0 Å². The zero-order valence-electron chi connectivity index (χ0n) is 7.81. The van der Waals surface area contributed by atoms with E-state index in [0.29, 0.717) is 12.2 Å². The molecule has 0 amide bonds. The van der Waals surface area contributed by atoms with Gasteiger partial charge in [-0.2, -0.15) is 0 Å². The summed E-state index contributed by atoms with van der Waals surface area (Å²) >= 11 is 0. The molecule has 0 aromatic rings. The van der Waals surface area contributed by atoms with Crippen LogP contribution in [0.4, 0.5) is 0 Å². The molecule has 0 heterocycles. The van der Waals surface area contributed by atoms with Gasteiger partial charge in [0.25, 0.3) is 0 Å². The lowest BCUT2D eigenvalue weighted by Gasteiger charge is -2.25. The third-order valence-corrected chi connectivity index (χ3v) is 2.55. The highest BCUT2D eigenvalue weighted by molar-refractivity contribution is 4.66. The van der Waals surface area contributed by atoms with Crippen LogP contribution in [0.5, 0.6) is 0 Å². The molecule has 1 atom stereocenters. The highest BCUT2D eigenvalue weighted by atomic mass is 16.5. The minimum absolute atomic E-state index is 0.470. The second kappa shape index (κ2) is 4.76. The average Bonchev–Trinajstić information content (AvgIpc) is 2.06. The van der Waals surface area contributed by atoms with Crippen molar-refractivity contribution in [3.63, 3.8) is 0 Å². The van der Waals surface area contributed by atoms with E-state index in [2.05, 4.69) is 13.8 Å². The number of rotatable bonds is 3. The highest BCUT2D eigenvalue weighted by Crippen LogP contribution is 2.21. The van der Waals surface area contributed by atoms with Crippen LogP contribution in [0.25, 0.3) is 0 Å². The lowest BCUT2D eigenvalue weighted by Crippen LogP contribution is -2.21. The van der Waals surface area contributed by atoms with Gasteiger partial charge in [0.2, 0.25) is 0 Å². The Morgan fingerprint density at radius 2 is 1.91 bits per heavy atom. The molecule has 1 aliphatic carbocycles. The van der Waals surface area contributed by atoms with E-state index >= 15 is 0 Å². The molecule has 0 N–H and O–H groups in total. The lowest BCUT2D eigenvalue weighted by molar-refractivity contribution is -0.0220. The molecular formula is C10H20O. The normalized spacial score (nSPS) is 23.5. The van der Waals surface area contributed by atoms with Crippen molar-refractivity contribution in [2.24, 2.45) is 0 Å². The van der Waals surface area contributed by atoms with Gasteiger partial charge < -0.3 is 4.74 Å². The van der Waals surface area contributed by atoms with Crippen LogP contribution in [0.1, 0.15) is 52.4 Å². The Kier molecular flexibility index (Phi) is 3.92. The van der Waals surface area contributed by atoms with E-state index < -0.39 is 0 Å². The molecule has 0 aliphatic heterocycles. The molecule has 0 radical (unpaired) electrons. The lowest BCUT2D eigenvalue weighted by atomic mass is 9.97. The molecule has 0 saturated heterocycles. The third-order valence-electron chi connectivity index (χ3n) is 2.55. The summed E-state index contributed by atoms with van der Waals surface area (Å²) in [7, 11) is 0. The Hall–Kier alpha value is -0.0400. The first-order valence-corrected chi connectivity index (χ1v) is 4.98. The molecule has 1 heteroatoms. The maximum absolute atomic E-state index is 5.84. The molecule has 0 unspecified atom stereocenters. The van der Waals surface area contributed by atoms with Crippen molar-refractivity contribution in [3.05, 3.63) is 0 Å². The van der Waals surface area contributed by atoms with Crippen LogP contribution in [-0.2, 0) is 4.74 Å². The number of hydrogen-bond acceptors (Lipinski definition) is 1. The van der Waals surface area contributed by atoms with Gasteiger partial charge in [0.05, 0.1) is 12.2 Å². The monoisotopic (exact) mass is 156 g/mol. The van der Waals surface area contributed by atoms with Crippen molar-refractivity contribution in [1.29, 1.82) is 0 Å². The van der Waals surface area contributed by atoms with E-state index in [9.17, 15) is 0 Å². The molecule has 0 aromatic heterocycles. The first-order valence-electron chi connectivity index (χ1n) is 4.98. The first kappa shape index (κ1) is 9.05. The zero-order chi connectivity index (χ0) is 8.10. The SMILES string of the molecule is CC[C@@H](C)OC1CCCCC1. The van der Waals surface area contributed by atoms with E-state index in [4.69, 9.17) is 4.74 Å². The molecule has 1 saturated carbocycles. The van der Waals surface area contributed by atoms with Crippen LogP contribution in [0, 0.1) is 0 Å². The number of ether oxygens (including phenoxy) is 1.